The van der Waals surface area contributed by atoms with E-state index in [2.05, 4.69) is 170 Å². The Labute approximate surface area is 262 Å². The van der Waals surface area contributed by atoms with Gasteiger partial charge in [0.25, 0.3) is 0 Å². The third kappa shape index (κ3) is 9.14. The van der Waals surface area contributed by atoms with Gasteiger partial charge in [-0.05, 0) is 70.9 Å². The number of aliphatic imine (C=N–C) groups is 1. The van der Waals surface area contributed by atoms with Crippen LogP contribution in [0.1, 0.15) is 96.3 Å². The monoisotopic (exact) mass is 571 g/mol. The van der Waals surface area contributed by atoms with Crippen molar-refractivity contribution in [3.63, 3.8) is 0 Å². The van der Waals surface area contributed by atoms with Crippen molar-refractivity contribution in [2.45, 2.75) is 79.6 Å². The Morgan fingerprint density at radius 3 is 2.07 bits per heavy atom. The summed E-state index contributed by atoms with van der Waals surface area (Å²) in [6, 6.07) is 30.0. The smallest absolute Gasteiger partial charge is 0.0667 e. The largest absolute Gasteiger partial charge is 0.253 e. The molecule has 0 saturated carbocycles. The molecule has 0 spiro atoms. The molecule has 0 aliphatic carbocycles. The highest BCUT2D eigenvalue weighted by atomic mass is 14.8. The van der Waals surface area contributed by atoms with Crippen LogP contribution in [0.4, 0.5) is 5.69 Å². The lowest BCUT2D eigenvalue weighted by Crippen LogP contribution is -2.33. The minimum absolute atomic E-state index is 0.00902. The molecule has 0 N–H and O–H groups in total. The van der Waals surface area contributed by atoms with Crippen LogP contribution in [0.5, 0.6) is 0 Å². The van der Waals surface area contributed by atoms with E-state index in [9.17, 15) is 0 Å². The Kier molecular flexibility index (Phi) is 13.2. The Hall–Kier alpha value is -3.71. The summed E-state index contributed by atoms with van der Waals surface area (Å²) in [5.41, 5.74) is 7.29. The van der Waals surface area contributed by atoms with Crippen molar-refractivity contribution in [1.82, 2.24) is 0 Å². The third-order valence-corrected chi connectivity index (χ3v) is 9.24. The molecule has 4 atom stereocenters. The van der Waals surface area contributed by atoms with Crippen LogP contribution >= 0.6 is 0 Å². The lowest BCUT2D eigenvalue weighted by molar-refractivity contribution is 0.156. The molecule has 0 heterocycles. The molecule has 3 aromatic carbocycles. The molecule has 3 aromatic rings. The van der Waals surface area contributed by atoms with Gasteiger partial charge in [-0.15, -0.1) is 6.58 Å². The van der Waals surface area contributed by atoms with Gasteiger partial charge < -0.3 is 0 Å². The van der Waals surface area contributed by atoms with Gasteiger partial charge in [0.1, 0.15) is 0 Å². The highest BCUT2D eigenvalue weighted by Crippen LogP contribution is 2.48. The fraction of sp³-hybridized carbons (Fsp3) is 0.357. The van der Waals surface area contributed by atoms with Crippen LogP contribution in [-0.2, 0) is 0 Å². The number of rotatable bonds is 15. The molecule has 4 unspecified atom stereocenters. The van der Waals surface area contributed by atoms with Crippen LogP contribution in [0.2, 0.25) is 0 Å². The van der Waals surface area contributed by atoms with Gasteiger partial charge in [-0.1, -0.05) is 164 Å². The summed E-state index contributed by atoms with van der Waals surface area (Å²) in [5.74, 6) is 1.42. The predicted molar refractivity (Wildman–Crippen MR) is 191 cm³/mol. The first-order valence-corrected chi connectivity index (χ1v) is 16.2. The number of allylic oxidation sites excluding steroid dienone is 7. The van der Waals surface area contributed by atoms with Crippen molar-refractivity contribution in [2.75, 3.05) is 0 Å². The van der Waals surface area contributed by atoms with Crippen LogP contribution in [0.3, 0.4) is 0 Å². The molecule has 0 bridgehead atoms. The molecule has 1 nitrogen and oxygen atoms in total. The second kappa shape index (κ2) is 16.8. The molecule has 0 amide bonds. The standard InChI is InChI=1S/C42H53N/c1-9-21-38(30-28-34(11-3)36-22-15-13-16-23-36)43-41-27-20-19-26-39(41)33(6)42(7,8)40(32(5)10-2)31-29-35(12-4)37-24-17-14-18-25-37/h11-20,22-34,40H,3,9-10,21H2,1-2,4-8H3/b30-28-,31-29?,35-12?,43-38?. The topological polar surface area (TPSA) is 12.4 Å². The van der Waals surface area contributed by atoms with Crippen molar-refractivity contribution in [3.05, 3.63) is 145 Å². The van der Waals surface area contributed by atoms with Crippen LogP contribution in [0, 0.1) is 17.3 Å². The second-order valence-electron chi connectivity index (χ2n) is 12.4. The van der Waals surface area contributed by atoms with E-state index < -0.39 is 0 Å². The normalized spacial score (nSPS) is 15.9. The maximum Gasteiger partial charge on any atom is 0.0667 e. The van der Waals surface area contributed by atoms with E-state index in [4.69, 9.17) is 4.99 Å². The number of para-hydroxylation sites is 1. The molecule has 0 radical (unpaired) electrons. The molecular weight excluding hydrogens is 518 g/mol. The first-order valence-electron chi connectivity index (χ1n) is 16.2. The second-order valence-corrected chi connectivity index (χ2v) is 12.4. The molecule has 0 aliphatic rings. The Morgan fingerprint density at radius 2 is 1.47 bits per heavy atom. The molecular formula is C42H53N. The molecule has 226 valence electrons. The lowest BCUT2D eigenvalue weighted by Gasteiger charge is -2.42. The van der Waals surface area contributed by atoms with E-state index >= 15 is 0 Å². The highest BCUT2D eigenvalue weighted by Gasteiger charge is 2.37. The summed E-state index contributed by atoms with van der Waals surface area (Å²) in [5, 5.41) is 0. The molecule has 0 saturated heterocycles. The first kappa shape index (κ1) is 33.8. The quantitative estimate of drug-likeness (QED) is 0.0977. The van der Waals surface area contributed by atoms with E-state index in [1.807, 2.05) is 6.08 Å². The number of benzene rings is 3. The van der Waals surface area contributed by atoms with E-state index in [0.29, 0.717) is 17.8 Å². The van der Waals surface area contributed by atoms with Gasteiger partial charge in [-0.3, -0.25) is 4.99 Å². The highest BCUT2D eigenvalue weighted by molar-refractivity contribution is 5.97. The zero-order valence-corrected chi connectivity index (χ0v) is 27.6. The van der Waals surface area contributed by atoms with Crippen molar-refractivity contribution in [2.24, 2.45) is 22.2 Å². The van der Waals surface area contributed by atoms with Crippen molar-refractivity contribution in [3.8, 4) is 0 Å². The average Bonchev–Trinajstić information content (AvgIpc) is 3.04. The zero-order chi connectivity index (χ0) is 31.2. The number of nitrogens with zero attached hydrogens (tertiary/aromatic N) is 1. The number of hydrogen-bond donors (Lipinski definition) is 0. The van der Waals surface area contributed by atoms with Crippen LogP contribution < -0.4 is 0 Å². The van der Waals surface area contributed by atoms with Gasteiger partial charge in [0.05, 0.1) is 5.69 Å². The molecule has 0 aliphatic heterocycles. The maximum atomic E-state index is 5.30. The predicted octanol–water partition coefficient (Wildman–Crippen LogP) is 12.5. The maximum absolute atomic E-state index is 5.30. The number of hydrogen-bond acceptors (Lipinski definition) is 1. The van der Waals surface area contributed by atoms with Gasteiger partial charge in [-0.2, -0.15) is 0 Å². The third-order valence-electron chi connectivity index (χ3n) is 9.24. The van der Waals surface area contributed by atoms with E-state index in [0.717, 1.165) is 30.7 Å². The van der Waals surface area contributed by atoms with Crippen molar-refractivity contribution >= 4 is 17.0 Å². The SMILES string of the molecule is C=CC(/C=C\C(CCC)=Nc1ccccc1C(C)C(C)(C)C(C=CC(=CC)c1ccccc1)C(C)CC)c1ccccc1. The summed E-state index contributed by atoms with van der Waals surface area (Å²) in [4.78, 5) is 5.30. The Balaban J connectivity index is 1.97. The fourth-order valence-corrected chi connectivity index (χ4v) is 6.07. The van der Waals surface area contributed by atoms with Crippen molar-refractivity contribution < 1.29 is 0 Å². The molecule has 1 heteroatoms. The Bertz CT molecular complexity index is 1390. The summed E-state index contributed by atoms with van der Waals surface area (Å²) >= 11 is 0. The van der Waals surface area contributed by atoms with Gasteiger partial charge in [0, 0.05) is 11.6 Å². The van der Waals surface area contributed by atoms with Gasteiger partial charge in [0.2, 0.25) is 0 Å². The van der Waals surface area contributed by atoms with E-state index in [1.54, 1.807) is 0 Å². The van der Waals surface area contributed by atoms with Gasteiger partial charge in [-0.25, -0.2) is 0 Å². The summed E-state index contributed by atoms with van der Waals surface area (Å²) < 4.78 is 0. The summed E-state index contributed by atoms with van der Waals surface area (Å²) in [7, 11) is 0. The van der Waals surface area contributed by atoms with Gasteiger partial charge in [0.15, 0.2) is 0 Å². The fourth-order valence-electron chi connectivity index (χ4n) is 6.07. The molecule has 0 fully saturated rings. The molecule has 0 aromatic heterocycles. The summed E-state index contributed by atoms with van der Waals surface area (Å²) in [6.45, 7) is 20.4. The minimum atomic E-state index is 0.00902. The van der Waals surface area contributed by atoms with Crippen LogP contribution in [0.15, 0.2) is 133 Å². The zero-order valence-electron chi connectivity index (χ0n) is 27.6. The molecule has 43 heavy (non-hydrogen) atoms. The lowest BCUT2D eigenvalue weighted by atomic mass is 9.63. The van der Waals surface area contributed by atoms with Crippen molar-refractivity contribution in [1.29, 1.82) is 0 Å². The Morgan fingerprint density at radius 1 is 0.837 bits per heavy atom. The molecule has 3 rings (SSSR count). The summed E-state index contributed by atoms with van der Waals surface area (Å²) in [6.07, 6.45) is 16.6. The van der Waals surface area contributed by atoms with E-state index in [-0.39, 0.29) is 11.3 Å². The first-order chi connectivity index (χ1) is 20.8. The van der Waals surface area contributed by atoms with Crippen LogP contribution in [0.25, 0.3) is 5.57 Å². The minimum Gasteiger partial charge on any atom is -0.253 e. The average molecular weight is 572 g/mol. The van der Waals surface area contributed by atoms with Gasteiger partial charge >= 0.3 is 0 Å². The van der Waals surface area contributed by atoms with Crippen LogP contribution in [-0.4, -0.2) is 5.71 Å². The van der Waals surface area contributed by atoms with E-state index in [1.165, 1.54) is 22.3 Å².